The molecule has 8 heteroatoms. The Morgan fingerprint density at radius 3 is 2.56 bits per heavy atom. The Kier molecular flexibility index (Phi) is 8.12. The predicted molar refractivity (Wildman–Crippen MR) is 153 cm³/mol. The second-order valence-corrected chi connectivity index (χ2v) is 10.4. The molecule has 7 nitrogen and oxygen atoms in total. The third-order valence-corrected chi connectivity index (χ3v) is 7.98. The van der Waals surface area contributed by atoms with Crippen LogP contribution in [0.2, 0.25) is 0 Å². The fourth-order valence-corrected chi connectivity index (χ4v) is 5.86. The predicted octanol–water partition coefficient (Wildman–Crippen LogP) is 5.56. The standard InChI is InChI=1S/C31H31NO6S/c1-20-13-31(34)38-27-15-23(9-10-24(20)27)37-17-26-25-16-29(36-3)28(35-2)14-22(25)11-12-32(26)30(33)19-39-18-21-7-5-4-6-8-21/h4-10,13-16,26H,11-12,17-19H2,1-3H3. The van der Waals surface area contributed by atoms with E-state index in [1.165, 1.54) is 11.6 Å². The van der Waals surface area contributed by atoms with Crippen molar-refractivity contribution in [3.63, 3.8) is 0 Å². The van der Waals surface area contributed by atoms with E-state index in [2.05, 4.69) is 12.1 Å². The molecule has 0 bridgehead atoms. The third kappa shape index (κ3) is 5.91. The largest absolute Gasteiger partial charge is 0.493 e. The lowest BCUT2D eigenvalue weighted by atomic mass is 9.92. The van der Waals surface area contributed by atoms with Gasteiger partial charge in [0, 0.05) is 29.8 Å². The number of hydrogen-bond acceptors (Lipinski definition) is 7. The molecule has 5 rings (SSSR count). The lowest BCUT2D eigenvalue weighted by Crippen LogP contribution is -2.43. The van der Waals surface area contributed by atoms with E-state index in [1.807, 2.05) is 54.3 Å². The number of rotatable bonds is 9. The van der Waals surface area contributed by atoms with Gasteiger partial charge in [-0.25, -0.2) is 4.79 Å². The van der Waals surface area contributed by atoms with Crippen LogP contribution in [0.15, 0.2) is 75.9 Å². The number of ether oxygens (including phenoxy) is 3. The number of aryl methyl sites for hydroxylation is 1. The van der Waals surface area contributed by atoms with Crippen LogP contribution in [0.3, 0.4) is 0 Å². The molecule has 0 N–H and O–H groups in total. The third-order valence-electron chi connectivity index (χ3n) is 6.99. The number of amides is 1. The minimum Gasteiger partial charge on any atom is -0.493 e. The van der Waals surface area contributed by atoms with Crippen LogP contribution in [0.4, 0.5) is 0 Å². The molecular weight excluding hydrogens is 514 g/mol. The van der Waals surface area contributed by atoms with Crippen molar-refractivity contribution in [1.82, 2.24) is 4.90 Å². The van der Waals surface area contributed by atoms with Crippen LogP contribution >= 0.6 is 11.8 Å². The highest BCUT2D eigenvalue weighted by molar-refractivity contribution is 7.99. The van der Waals surface area contributed by atoms with Crippen molar-refractivity contribution >= 4 is 28.6 Å². The molecule has 0 spiro atoms. The van der Waals surface area contributed by atoms with Crippen molar-refractivity contribution in [3.05, 3.63) is 99.4 Å². The van der Waals surface area contributed by atoms with Crippen molar-refractivity contribution in [2.75, 3.05) is 33.1 Å². The van der Waals surface area contributed by atoms with Gasteiger partial charge in [-0.2, -0.15) is 0 Å². The molecule has 0 aliphatic carbocycles. The summed E-state index contributed by atoms with van der Waals surface area (Å²) in [5.74, 6) is 3.03. The van der Waals surface area contributed by atoms with Gasteiger partial charge in [0.05, 0.1) is 26.0 Å². The SMILES string of the molecule is COc1cc2c(cc1OC)C(COc1ccc3c(C)cc(=O)oc3c1)N(C(=O)CSCc1ccccc1)CC2. The fraction of sp³-hybridized carbons (Fsp3) is 0.290. The number of carbonyl (C=O) groups excluding carboxylic acids is 1. The first-order valence-electron chi connectivity index (χ1n) is 12.8. The number of fused-ring (bicyclic) bond motifs is 2. The van der Waals surface area contributed by atoms with Gasteiger partial charge in [0.2, 0.25) is 5.91 Å². The molecule has 2 heterocycles. The maximum Gasteiger partial charge on any atom is 0.336 e. The Labute approximate surface area is 231 Å². The maximum absolute atomic E-state index is 13.5. The quantitative estimate of drug-likeness (QED) is 0.255. The first kappa shape index (κ1) is 26.7. The molecular formula is C31H31NO6S. The van der Waals surface area contributed by atoms with Crippen LogP contribution in [0.5, 0.6) is 17.2 Å². The summed E-state index contributed by atoms with van der Waals surface area (Å²) >= 11 is 1.61. The average molecular weight is 546 g/mol. The number of benzene rings is 3. The molecule has 0 saturated carbocycles. The minimum absolute atomic E-state index is 0.0603. The molecule has 1 aliphatic heterocycles. The van der Waals surface area contributed by atoms with E-state index in [4.69, 9.17) is 18.6 Å². The average Bonchev–Trinajstić information content (AvgIpc) is 2.95. The van der Waals surface area contributed by atoms with Crippen molar-refractivity contribution < 1.29 is 23.4 Å². The zero-order valence-corrected chi connectivity index (χ0v) is 23.1. The summed E-state index contributed by atoms with van der Waals surface area (Å²) in [5.41, 5.74) is 4.18. The summed E-state index contributed by atoms with van der Waals surface area (Å²) < 4.78 is 22.7. The molecule has 1 amide bonds. The smallest absolute Gasteiger partial charge is 0.336 e. The Bertz CT molecular complexity index is 1530. The molecule has 0 saturated heterocycles. The van der Waals surface area contributed by atoms with Crippen LogP contribution in [-0.2, 0) is 17.0 Å². The number of hydrogen-bond donors (Lipinski definition) is 0. The Morgan fingerprint density at radius 2 is 1.79 bits per heavy atom. The number of thioether (sulfide) groups is 1. The van der Waals surface area contributed by atoms with Gasteiger partial charge >= 0.3 is 5.63 Å². The highest BCUT2D eigenvalue weighted by Crippen LogP contribution is 2.39. The van der Waals surface area contributed by atoms with Crippen LogP contribution in [-0.4, -0.2) is 43.9 Å². The summed E-state index contributed by atoms with van der Waals surface area (Å²) in [7, 11) is 3.22. The van der Waals surface area contributed by atoms with Gasteiger partial charge in [-0.05, 0) is 59.9 Å². The van der Waals surface area contributed by atoms with Crippen molar-refractivity contribution in [2.45, 2.75) is 25.1 Å². The molecule has 0 fully saturated rings. The van der Waals surface area contributed by atoms with Gasteiger partial charge in [0.25, 0.3) is 0 Å². The summed E-state index contributed by atoms with van der Waals surface area (Å²) in [5, 5.41) is 0.856. The zero-order chi connectivity index (χ0) is 27.4. The molecule has 4 aromatic rings. The second kappa shape index (κ2) is 11.9. The fourth-order valence-electron chi connectivity index (χ4n) is 4.99. The van der Waals surface area contributed by atoms with Crippen LogP contribution in [0, 0.1) is 6.92 Å². The number of carbonyl (C=O) groups is 1. The van der Waals surface area contributed by atoms with Crippen LogP contribution in [0.25, 0.3) is 11.0 Å². The van der Waals surface area contributed by atoms with Crippen molar-refractivity contribution in [2.24, 2.45) is 0 Å². The first-order chi connectivity index (χ1) is 19.0. The molecule has 39 heavy (non-hydrogen) atoms. The Balaban J connectivity index is 1.40. The molecule has 1 aromatic heterocycles. The lowest BCUT2D eigenvalue weighted by Gasteiger charge is -2.37. The number of nitrogens with zero attached hydrogens (tertiary/aromatic N) is 1. The Hall–Kier alpha value is -3.91. The summed E-state index contributed by atoms with van der Waals surface area (Å²) in [4.78, 5) is 27.3. The molecule has 0 radical (unpaired) electrons. The summed E-state index contributed by atoms with van der Waals surface area (Å²) in [6.07, 6.45) is 0.710. The minimum atomic E-state index is -0.399. The van der Waals surface area contributed by atoms with E-state index in [0.29, 0.717) is 41.5 Å². The first-order valence-corrected chi connectivity index (χ1v) is 14.0. The van der Waals surface area contributed by atoms with Crippen LogP contribution < -0.4 is 19.8 Å². The van der Waals surface area contributed by atoms with E-state index in [9.17, 15) is 9.59 Å². The van der Waals surface area contributed by atoms with Gasteiger partial charge in [-0.1, -0.05) is 30.3 Å². The Morgan fingerprint density at radius 1 is 1.03 bits per heavy atom. The lowest BCUT2D eigenvalue weighted by molar-refractivity contribution is -0.132. The molecule has 202 valence electrons. The van der Waals surface area contributed by atoms with Crippen molar-refractivity contribution in [3.8, 4) is 17.2 Å². The monoisotopic (exact) mass is 545 g/mol. The van der Waals surface area contributed by atoms with Gasteiger partial charge in [-0.15, -0.1) is 11.8 Å². The van der Waals surface area contributed by atoms with Gasteiger partial charge in [0.15, 0.2) is 11.5 Å². The summed E-state index contributed by atoms with van der Waals surface area (Å²) in [6, 6.07) is 20.7. The van der Waals surface area contributed by atoms with E-state index in [1.54, 1.807) is 32.0 Å². The van der Waals surface area contributed by atoms with Crippen molar-refractivity contribution in [1.29, 1.82) is 0 Å². The van der Waals surface area contributed by atoms with E-state index >= 15 is 0 Å². The maximum atomic E-state index is 13.5. The highest BCUT2D eigenvalue weighted by atomic mass is 32.2. The molecule has 1 aliphatic rings. The van der Waals surface area contributed by atoms with E-state index in [0.717, 1.165) is 27.8 Å². The molecule has 1 atom stereocenters. The normalized spacial score (nSPS) is 14.6. The second-order valence-electron chi connectivity index (χ2n) is 9.45. The summed E-state index contributed by atoms with van der Waals surface area (Å²) in [6.45, 7) is 2.69. The van der Waals surface area contributed by atoms with E-state index < -0.39 is 5.63 Å². The molecule has 1 unspecified atom stereocenters. The highest BCUT2D eigenvalue weighted by Gasteiger charge is 2.32. The topological polar surface area (TPSA) is 78.2 Å². The van der Waals surface area contributed by atoms with Gasteiger partial charge in [0.1, 0.15) is 17.9 Å². The zero-order valence-electron chi connectivity index (χ0n) is 22.3. The van der Waals surface area contributed by atoms with Crippen LogP contribution in [0.1, 0.15) is 28.3 Å². The van der Waals surface area contributed by atoms with Gasteiger partial charge in [-0.3, -0.25) is 4.79 Å². The van der Waals surface area contributed by atoms with E-state index in [-0.39, 0.29) is 18.6 Å². The molecule has 3 aromatic carbocycles. The van der Waals surface area contributed by atoms with Gasteiger partial charge < -0.3 is 23.5 Å². The number of methoxy groups -OCH3 is 2.